The van der Waals surface area contributed by atoms with Gasteiger partial charge in [0.1, 0.15) is 0 Å². The molecule has 5 nitrogen and oxygen atoms in total. The Morgan fingerprint density at radius 1 is 1.30 bits per heavy atom. The first kappa shape index (κ1) is 15.0. The highest BCUT2D eigenvalue weighted by Gasteiger charge is 2.19. The summed E-state index contributed by atoms with van der Waals surface area (Å²) in [6.45, 7) is 3.83. The SMILES string of the molecule is Cc1cc(N)cc(C)c1S(=O)(=O)NCCc1cscn1. The Morgan fingerprint density at radius 3 is 2.50 bits per heavy atom. The maximum Gasteiger partial charge on any atom is 0.241 e. The van der Waals surface area contributed by atoms with Crippen molar-refractivity contribution in [3.8, 4) is 0 Å². The van der Waals surface area contributed by atoms with Gasteiger partial charge in [-0.05, 0) is 37.1 Å². The maximum absolute atomic E-state index is 12.3. The Labute approximate surface area is 122 Å². The van der Waals surface area contributed by atoms with Crippen LogP contribution in [0, 0.1) is 13.8 Å². The van der Waals surface area contributed by atoms with Gasteiger partial charge in [0.15, 0.2) is 0 Å². The summed E-state index contributed by atoms with van der Waals surface area (Å²) in [4.78, 5) is 4.43. The summed E-state index contributed by atoms with van der Waals surface area (Å²) in [5, 5.41) is 1.91. The Hall–Kier alpha value is -1.44. The number of sulfonamides is 1. The highest BCUT2D eigenvalue weighted by molar-refractivity contribution is 7.89. The van der Waals surface area contributed by atoms with Crippen LogP contribution in [0.4, 0.5) is 5.69 Å². The van der Waals surface area contributed by atoms with Gasteiger partial charge in [-0.15, -0.1) is 11.3 Å². The minimum absolute atomic E-state index is 0.310. The second-order valence-corrected chi connectivity index (χ2v) is 7.03. The Kier molecular flexibility index (Phi) is 4.42. The number of nitrogens with zero attached hydrogens (tertiary/aromatic N) is 1. The van der Waals surface area contributed by atoms with Crippen molar-refractivity contribution in [3.05, 3.63) is 39.8 Å². The van der Waals surface area contributed by atoms with Crippen molar-refractivity contribution >= 4 is 27.0 Å². The summed E-state index contributed by atoms with van der Waals surface area (Å²) < 4.78 is 27.3. The van der Waals surface area contributed by atoms with Crippen LogP contribution in [0.15, 0.2) is 27.9 Å². The molecule has 1 aromatic carbocycles. The zero-order chi connectivity index (χ0) is 14.8. The number of rotatable bonds is 5. The fourth-order valence-electron chi connectivity index (χ4n) is 2.15. The second-order valence-electron chi connectivity index (χ2n) is 4.61. The van der Waals surface area contributed by atoms with Crippen LogP contribution < -0.4 is 10.5 Å². The number of hydrogen-bond acceptors (Lipinski definition) is 5. The molecule has 0 saturated carbocycles. The van der Waals surface area contributed by atoms with Gasteiger partial charge in [-0.3, -0.25) is 0 Å². The molecule has 0 aliphatic carbocycles. The molecule has 0 radical (unpaired) electrons. The van der Waals surface area contributed by atoms with Crippen molar-refractivity contribution in [3.63, 3.8) is 0 Å². The molecule has 2 rings (SSSR count). The predicted molar refractivity (Wildman–Crippen MR) is 81.3 cm³/mol. The molecule has 0 spiro atoms. The van der Waals surface area contributed by atoms with Crippen LogP contribution in [0.3, 0.4) is 0 Å². The van der Waals surface area contributed by atoms with E-state index < -0.39 is 10.0 Å². The third kappa shape index (κ3) is 3.36. The van der Waals surface area contributed by atoms with Gasteiger partial charge in [0.25, 0.3) is 0 Å². The summed E-state index contributed by atoms with van der Waals surface area (Å²) in [5.74, 6) is 0. The molecule has 108 valence electrons. The van der Waals surface area contributed by atoms with Crippen LogP contribution in [-0.2, 0) is 16.4 Å². The van der Waals surface area contributed by atoms with Crippen LogP contribution in [0.1, 0.15) is 16.8 Å². The van der Waals surface area contributed by atoms with Gasteiger partial charge in [-0.25, -0.2) is 18.1 Å². The van der Waals surface area contributed by atoms with E-state index in [0.717, 1.165) is 5.69 Å². The van der Waals surface area contributed by atoms with Crippen molar-refractivity contribution < 1.29 is 8.42 Å². The largest absolute Gasteiger partial charge is 0.399 e. The van der Waals surface area contributed by atoms with Crippen molar-refractivity contribution in [2.45, 2.75) is 25.2 Å². The number of benzene rings is 1. The van der Waals surface area contributed by atoms with Crippen LogP contribution in [0.5, 0.6) is 0 Å². The molecule has 3 N–H and O–H groups in total. The van der Waals surface area contributed by atoms with E-state index in [1.165, 1.54) is 11.3 Å². The van der Waals surface area contributed by atoms with Gasteiger partial charge in [-0.2, -0.15) is 0 Å². The number of aryl methyl sites for hydroxylation is 2. The minimum Gasteiger partial charge on any atom is -0.399 e. The number of thiazole rings is 1. The van der Waals surface area contributed by atoms with Gasteiger partial charge in [0.05, 0.1) is 16.1 Å². The average molecular weight is 311 g/mol. The van der Waals surface area contributed by atoms with Crippen molar-refractivity contribution in [2.75, 3.05) is 12.3 Å². The molecule has 2 aromatic rings. The summed E-state index contributed by atoms with van der Waals surface area (Å²) in [6.07, 6.45) is 0.579. The second kappa shape index (κ2) is 5.90. The first-order valence-electron chi connectivity index (χ1n) is 6.13. The third-order valence-electron chi connectivity index (χ3n) is 2.91. The fourth-order valence-corrected chi connectivity index (χ4v) is 4.23. The first-order chi connectivity index (χ1) is 9.40. The summed E-state index contributed by atoms with van der Waals surface area (Å²) in [7, 11) is -3.52. The zero-order valence-electron chi connectivity index (χ0n) is 11.4. The lowest BCUT2D eigenvalue weighted by molar-refractivity contribution is 0.580. The topological polar surface area (TPSA) is 85.1 Å². The smallest absolute Gasteiger partial charge is 0.241 e. The fraction of sp³-hybridized carbons (Fsp3) is 0.308. The van der Waals surface area contributed by atoms with E-state index in [0.29, 0.717) is 34.7 Å². The number of hydrogen-bond donors (Lipinski definition) is 2. The molecule has 1 heterocycles. The molecule has 1 aromatic heterocycles. The lowest BCUT2D eigenvalue weighted by Crippen LogP contribution is -2.27. The summed E-state index contributed by atoms with van der Waals surface area (Å²) in [5.41, 5.74) is 10.2. The lowest BCUT2D eigenvalue weighted by Gasteiger charge is -2.12. The van der Waals surface area contributed by atoms with Crippen LogP contribution in [0.25, 0.3) is 0 Å². The highest BCUT2D eigenvalue weighted by atomic mass is 32.2. The van der Waals surface area contributed by atoms with Crippen molar-refractivity contribution in [2.24, 2.45) is 0 Å². The monoisotopic (exact) mass is 311 g/mol. The highest BCUT2D eigenvalue weighted by Crippen LogP contribution is 2.22. The van der Waals surface area contributed by atoms with E-state index >= 15 is 0 Å². The third-order valence-corrected chi connectivity index (χ3v) is 5.31. The summed E-state index contributed by atoms with van der Waals surface area (Å²) >= 11 is 1.50. The molecule has 0 amide bonds. The van der Waals surface area contributed by atoms with Crippen LogP contribution in [-0.4, -0.2) is 19.9 Å². The van der Waals surface area contributed by atoms with E-state index in [2.05, 4.69) is 9.71 Å². The molecule has 0 saturated heterocycles. The molecule has 0 aliphatic heterocycles. The minimum atomic E-state index is -3.52. The maximum atomic E-state index is 12.3. The Morgan fingerprint density at radius 2 is 1.95 bits per heavy atom. The molecule has 0 aliphatic rings. The number of anilines is 1. The quantitative estimate of drug-likeness (QED) is 0.825. The molecular formula is C13H17N3O2S2. The van der Waals surface area contributed by atoms with E-state index in [4.69, 9.17) is 5.73 Å². The first-order valence-corrected chi connectivity index (χ1v) is 8.56. The van der Waals surface area contributed by atoms with E-state index in [9.17, 15) is 8.42 Å². The van der Waals surface area contributed by atoms with Crippen molar-refractivity contribution in [1.82, 2.24) is 9.71 Å². The lowest BCUT2D eigenvalue weighted by atomic mass is 10.1. The number of nitrogens with one attached hydrogen (secondary N) is 1. The average Bonchev–Trinajstić information content (AvgIpc) is 2.79. The molecule has 0 bridgehead atoms. The number of aromatic nitrogens is 1. The molecule has 0 atom stereocenters. The zero-order valence-corrected chi connectivity index (χ0v) is 13.0. The van der Waals surface area contributed by atoms with Crippen molar-refractivity contribution in [1.29, 1.82) is 0 Å². The Balaban J connectivity index is 2.14. The molecule has 0 unspecified atom stereocenters. The van der Waals surface area contributed by atoms with Crippen LogP contribution in [0.2, 0.25) is 0 Å². The van der Waals surface area contributed by atoms with E-state index in [-0.39, 0.29) is 0 Å². The standard InChI is InChI=1S/C13H17N3O2S2/c1-9-5-11(14)6-10(2)13(9)20(17,18)16-4-3-12-7-19-8-15-12/h5-8,16H,3-4,14H2,1-2H3. The van der Waals surface area contributed by atoms with Gasteiger partial charge >= 0.3 is 0 Å². The molecule has 0 fully saturated rings. The van der Waals surface area contributed by atoms with Crippen LogP contribution >= 0.6 is 11.3 Å². The van der Waals surface area contributed by atoms with E-state index in [1.807, 2.05) is 5.38 Å². The molecular weight excluding hydrogens is 294 g/mol. The normalized spacial score (nSPS) is 11.7. The molecule has 20 heavy (non-hydrogen) atoms. The molecule has 7 heteroatoms. The predicted octanol–water partition coefficient (Wildman–Crippen LogP) is 1.86. The van der Waals surface area contributed by atoms with Gasteiger partial charge in [0, 0.05) is 24.0 Å². The summed E-state index contributed by atoms with van der Waals surface area (Å²) in [6, 6.07) is 3.34. The van der Waals surface area contributed by atoms with Gasteiger partial charge in [0.2, 0.25) is 10.0 Å². The number of nitrogen functional groups attached to an aromatic ring is 1. The van der Waals surface area contributed by atoms with Gasteiger partial charge in [-0.1, -0.05) is 0 Å². The van der Waals surface area contributed by atoms with E-state index in [1.54, 1.807) is 31.5 Å². The number of nitrogens with two attached hydrogens (primary N) is 1. The Bertz CT molecular complexity index is 671. The van der Waals surface area contributed by atoms with Gasteiger partial charge < -0.3 is 5.73 Å².